The molecule has 57 heavy (non-hydrogen) atoms. The molecule has 3 heteroatoms. The lowest BCUT2D eigenvalue weighted by Crippen LogP contribution is -2.08. The third kappa shape index (κ3) is 4.85. The van der Waals surface area contributed by atoms with Crippen molar-refractivity contribution >= 4 is 55.8 Å². The predicted octanol–water partition coefficient (Wildman–Crippen LogP) is 13.9. The Morgan fingerprint density at radius 3 is 1.37 bits per heavy atom. The average molecular weight is 730 g/mol. The van der Waals surface area contributed by atoms with E-state index < -0.39 is 0 Å². The molecule has 10 aromatic rings. The van der Waals surface area contributed by atoms with Crippen molar-refractivity contribution in [2.45, 2.75) is 25.7 Å². The average Bonchev–Trinajstić information content (AvgIpc) is 3.92. The second-order valence-electron chi connectivity index (χ2n) is 15.5. The van der Waals surface area contributed by atoms with Crippen LogP contribution in [-0.2, 0) is 12.8 Å². The SMILES string of the molecule is C1=Cc2c3c(n(-c4ccccc4-c4ccc5c(c4)c4cc(-c6ccccc6-n6c7ccccc7c7ccccc76)ccc4n5-c4ccccc4)c2CC1)CCC=C3. The molecule has 0 spiro atoms. The third-order valence-electron chi connectivity index (χ3n) is 12.4. The number of rotatable bonds is 5. The quantitative estimate of drug-likeness (QED) is 0.168. The summed E-state index contributed by atoms with van der Waals surface area (Å²) in [6.45, 7) is 0. The highest BCUT2D eigenvalue weighted by Crippen LogP contribution is 2.42. The van der Waals surface area contributed by atoms with Gasteiger partial charge in [-0.2, -0.15) is 0 Å². The highest BCUT2D eigenvalue weighted by Gasteiger charge is 2.25. The summed E-state index contributed by atoms with van der Waals surface area (Å²) in [5, 5.41) is 5.03. The van der Waals surface area contributed by atoms with Gasteiger partial charge in [-0.05, 0) is 97.5 Å². The summed E-state index contributed by atoms with van der Waals surface area (Å²) < 4.78 is 7.48. The van der Waals surface area contributed by atoms with Gasteiger partial charge in [0.1, 0.15) is 0 Å². The molecule has 7 aromatic carbocycles. The first-order valence-corrected chi connectivity index (χ1v) is 20.2. The lowest BCUT2D eigenvalue weighted by Gasteiger charge is -2.19. The molecular weight excluding hydrogens is 691 g/mol. The van der Waals surface area contributed by atoms with Crippen LogP contribution in [0, 0.1) is 0 Å². The summed E-state index contributed by atoms with van der Waals surface area (Å²) in [6, 6.07) is 60.5. The van der Waals surface area contributed by atoms with Crippen molar-refractivity contribution in [1.82, 2.24) is 13.7 Å². The Morgan fingerprint density at radius 1 is 0.351 bits per heavy atom. The molecule has 12 rings (SSSR count). The first-order valence-electron chi connectivity index (χ1n) is 20.2. The molecule has 2 aliphatic rings. The summed E-state index contributed by atoms with van der Waals surface area (Å²) in [5.41, 5.74) is 19.0. The van der Waals surface area contributed by atoms with E-state index in [0.29, 0.717) is 0 Å². The minimum atomic E-state index is 1.06. The van der Waals surface area contributed by atoms with E-state index >= 15 is 0 Å². The molecule has 2 aliphatic carbocycles. The van der Waals surface area contributed by atoms with Gasteiger partial charge in [-0.25, -0.2) is 0 Å². The maximum absolute atomic E-state index is 2.61. The minimum absolute atomic E-state index is 1.06. The Labute approximate surface area is 331 Å². The number of nitrogens with zero attached hydrogens (tertiary/aromatic N) is 3. The van der Waals surface area contributed by atoms with Gasteiger partial charge in [0, 0.05) is 60.9 Å². The topological polar surface area (TPSA) is 14.8 Å². The van der Waals surface area contributed by atoms with Gasteiger partial charge < -0.3 is 13.7 Å². The van der Waals surface area contributed by atoms with Crippen LogP contribution in [0.1, 0.15) is 35.4 Å². The minimum Gasteiger partial charge on any atom is -0.316 e. The van der Waals surface area contributed by atoms with Crippen molar-refractivity contribution < 1.29 is 0 Å². The van der Waals surface area contributed by atoms with E-state index in [1.54, 1.807) is 0 Å². The van der Waals surface area contributed by atoms with Gasteiger partial charge >= 0.3 is 0 Å². The predicted molar refractivity (Wildman–Crippen MR) is 240 cm³/mol. The number of para-hydroxylation sites is 5. The molecule has 0 saturated carbocycles. The van der Waals surface area contributed by atoms with Gasteiger partial charge in [0.25, 0.3) is 0 Å². The van der Waals surface area contributed by atoms with E-state index in [0.717, 1.165) is 31.4 Å². The van der Waals surface area contributed by atoms with E-state index in [9.17, 15) is 0 Å². The van der Waals surface area contributed by atoms with Crippen molar-refractivity contribution in [3.8, 4) is 39.3 Å². The van der Waals surface area contributed by atoms with Crippen LogP contribution in [0.25, 0.3) is 95.1 Å². The smallest absolute Gasteiger partial charge is 0.0541 e. The lowest BCUT2D eigenvalue weighted by atomic mass is 9.97. The standard InChI is InChI=1S/C54H39N3/c1-2-16-38(17-3-1)55-53-32-30-36(39-18-4-10-24-47(39)56-49-26-12-6-20-41(49)42-21-7-13-27-50(42)56)34-45(53)46-35-37(31-33-54(46)55)40-19-5-11-25-48(40)57-51-28-14-8-22-43(51)44-23-9-15-29-52(44)57/h1-13,16-27,30-35H,14-15,28-29H2. The molecule has 3 nitrogen and oxygen atoms in total. The molecule has 0 unspecified atom stereocenters. The zero-order valence-corrected chi connectivity index (χ0v) is 31.6. The van der Waals surface area contributed by atoms with Crippen LogP contribution in [0.15, 0.2) is 176 Å². The Kier molecular flexibility index (Phi) is 7.18. The van der Waals surface area contributed by atoms with Crippen LogP contribution in [-0.4, -0.2) is 13.7 Å². The van der Waals surface area contributed by atoms with Gasteiger partial charge in [-0.1, -0.05) is 127 Å². The number of hydrogen-bond acceptors (Lipinski definition) is 0. The second kappa shape index (κ2) is 12.7. The first kappa shape index (κ1) is 32.2. The van der Waals surface area contributed by atoms with E-state index in [4.69, 9.17) is 0 Å². The summed E-state index contributed by atoms with van der Waals surface area (Å²) >= 11 is 0. The van der Waals surface area contributed by atoms with E-state index in [1.165, 1.54) is 99.8 Å². The molecule has 270 valence electrons. The lowest BCUT2D eigenvalue weighted by molar-refractivity contribution is 0.814. The largest absolute Gasteiger partial charge is 0.316 e. The van der Waals surface area contributed by atoms with Crippen LogP contribution in [0.4, 0.5) is 0 Å². The molecule has 0 amide bonds. The molecular formula is C54H39N3. The fraction of sp³-hybridized carbons (Fsp3) is 0.0741. The van der Waals surface area contributed by atoms with Crippen molar-refractivity contribution in [1.29, 1.82) is 0 Å². The van der Waals surface area contributed by atoms with E-state index in [2.05, 4.69) is 202 Å². The molecule has 0 bridgehead atoms. The summed E-state index contributed by atoms with van der Waals surface area (Å²) in [7, 11) is 0. The Hall–Kier alpha value is -7.10. The van der Waals surface area contributed by atoms with Gasteiger partial charge in [-0.15, -0.1) is 0 Å². The van der Waals surface area contributed by atoms with E-state index in [-0.39, 0.29) is 0 Å². The van der Waals surface area contributed by atoms with Crippen LogP contribution in [0.5, 0.6) is 0 Å². The van der Waals surface area contributed by atoms with Gasteiger partial charge in [0.15, 0.2) is 0 Å². The molecule has 0 aliphatic heterocycles. The fourth-order valence-electron chi connectivity index (χ4n) is 9.93. The first-order chi connectivity index (χ1) is 28.3. The highest BCUT2D eigenvalue weighted by molar-refractivity contribution is 6.13. The van der Waals surface area contributed by atoms with Crippen molar-refractivity contribution in [2.24, 2.45) is 0 Å². The van der Waals surface area contributed by atoms with Crippen LogP contribution >= 0.6 is 0 Å². The Balaban J connectivity index is 1.09. The fourth-order valence-corrected chi connectivity index (χ4v) is 9.93. The molecule has 0 fully saturated rings. The van der Waals surface area contributed by atoms with Crippen molar-refractivity contribution in [3.63, 3.8) is 0 Å². The normalized spacial score (nSPS) is 13.5. The van der Waals surface area contributed by atoms with Crippen LogP contribution in [0.2, 0.25) is 0 Å². The highest BCUT2D eigenvalue weighted by atomic mass is 15.0. The zero-order valence-electron chi connectivity index (χ0n) is 31.6. The third-order valence-corrected chi connectivity index (χ3v) is 12.4. The Bertz CT molecular complexity index is 3200. The zero-order chi connectivity index (χ0) is 37.5. The summed E-state index contributed by atoms with van der Waals surface area (Å²) in [6.07, 6.45) is 13.7. The monoisotopic (exact) mass is 729 g/mol. The van der Waals surface area contributed by atoms with Gasteiger partial charge in [0.2, 0.25) is 0 Å². The molecule has 0 saturated heterocycles. The number of fused-ring (bicyclic) bond motifs is 9. The van der Waals surface area contributed by atoms with Crippen molar-refractivity contribution in [3.05, 3.63) is 198 Å². The summed E-state index contributed by atoms with van der Waals surface area (Å²) in [4.78, 5) is 0. The second-order valence-corrected chi connectivity index (χ2v) is 15.5. The number of benzene rings is 7. The van der Waals surface area contributed by atoms with Crippen LogP contribution in [0.3, 0.4) is 0 Å². The van der Waals surface area contributed by atoms with Crippen molar-refractivity contribution in [2.75, 3.05) is 0 Å². The molecule has 3 aromatic heterocycles. The molecule has 0 atom stereocenters. The maximum atomic E-state index is 2.61. The number of aromatic nitrogens is 3. The molecule has 0 radical (unpaired) electrons. The molecule has 3 heterocycles. The maximum Gasteiger partial charge on any atom is 0.0541 e. The van der Waals surface area contributed by atoms with E-state index in [1.807, 2.05) is 0 Å². The van der Waals surface area contributed by atoms with Gasteiger partial charge in [0.05, 0.1) is 33.4 Å². The van der Waals surface area contributed by atoms with Crippen LogP contribution < -0.4 is 0 Å². The van der Waals surface area contributed by atoms with Gasteiger partial charge in [-0.3, -0.25) is 0 Å². The number of allylic oxidation sites excluding steroid dienone is 2. The number of hydrogen-bond donors (Lipinski definition) is 0. The summed E-state index contributed by atoms with van der Waals surface area (Å²) in [5.74, 6) is 0. The molecule has 0 N–H and O–H groups in total. The Morgan fingerprint density at radius 2 is 0.807 bits per heavy atom.